The van der Waals surface area contributed by atoms with Gasteiger partial charge in [0.15, 0.2) is 0 Å². The van der Waals surface area contributed by atoms with Crippen LogP contribution in [0, 0.1) is 5.92 Å². The quantitative estimate of drug-likeness (QED) is 0.723. The van der Waals surface area contributed by atoms with Gasteiger partial charge in [0.25, 0.3) is 0 Å². The maximum atomic E-state index is 6.42. The highest BCUT2D eigenvalue weighted by Gasteiger charge is 2.27. The molecule has 0 aromatic heterocycles. The molecule has 0 aromatic carbocycles. The second-order valence-corrected chi connectivity index (χ2v) is 6.00. The zero-order valence-electron chi connectivity index (χ0n) is 11.2. The van der Waals surface area contributed by atoms with Crippen LogP contribution in [0.15, 0.2) is 0 Å². The summed E-state index contributed by atoms with van der Waals surface area (Å²) in [5.74, 6) is 0.704. The fraction of sp³-hybridized carbons (Fsp3) is 1.00. The lowest BCUT2D eigenvalue weighted by Gasteiger charge is -2.33. The molecular weight excluding hydrogens is 212 g/mol. The molecule has 100 valence electrons. The minimum atomic E-state index is 0.128. The highest BCUT2D eigenvalue weighted by Crippen LogP contribution is 2.28. The summed E-state index contributed by atoms with van der Waals surface area (Å²) < 4.78 is 5.57. The number of ether oxygens (including phenoxy) is 1. The van der Waals surface area contributed by atoms with E-state index in [1.54, 1.807) is 0 Å². The summed E-state index contributed by atoms with van der Waals surface area (Å²) in [6, 6.07) is 0. The van der Waals surface area contributed by atoms with Crippen molar-refractivity contribution in [3.05, 3.63) is 0 Å². The molecule has 2 fully saturated rings. The number of hydrogen-bond donors (Lipinski definition) is 2. The zero-order chi connectivity index (χ0) is 12.1. The first kappa shape index (κ1) is 13.3. The molecule has 2 unspecified atom stereocenters. The van der Waals surface area contributed by atoms with Gasteiger partial charge in [-0.1, -0.05) is 19.3 Å². The molecule has 1 aliphatic heterocycles. The first-order valence-corrected chi connectivity index (χ1v) is 7.31. The summed E-state index contributed by atoms with van der Waals surface area (Å²) in [6.45, 7) is 5.29. The summed E-state index contributed by atoms with van der Waals surface area (Å²) >= 11 is 0. The summed E-state index contributed by atoms with van der Waals surface area (Å²) in [5, 5.41) is 3.57. The van der Waals surface area contributed by atoms with Crippen LogP contribution in [-0.4, -0.2) is 31.3 Å². The molecule has 3 nitrogen and oxygen atoms in total. The molecule has 2 rings (SSSR count). The smallest absolute Gasteiger partial charge is 0.0588 e. The molecule has 1 heterocycles. The Balaban J connectivity index is 1.59. The maximum Gasteiger partial charge on any atom is 0.0588 e. The Bertz CT molecular complexity index is 226. The normalized spacial score (nSPS) is 32.8. The molecule has 1 saturated carbocycles. The molecule has 2 atom stereocenters. The van der Waals surface area contributed by atoms with E-state index in [1.165, 1.54) is 38.5 Å². The highest BCUT2D eigenvalue weighted by molar-refractivity contribution is 4.87. The lowest BCUT2D eigenvalue weighted by Crippen LogP contribution is -2.44. The van der Waals surface area contributed by atoms with Gasteiger partial charge in [0, 0.05) is 18.7 Å². The minimum absolute atomic E-state index is 0.128. The van der Waals surface area contributed by atoms with Gasteiger partial charge in [-0.15, -0.1) is 0 Å². The summed E-state index contributed by atoms with van der Waals surface area (Å²) in [7, 11) is 0. The van der Waals surface area contributed by atoms with Crippen LogP contribution in [0.5, 0.6) is 0 Å². The zero-order valence-corrected chi connectivity index (χ0v) is 11.2. The van der Waals surface area contributed by atoms with Gasteiger partial charge >= 0.3 is 0 Å². The van der Waals surface area contributed by atoms with Crippen LogP contribution in [0.1, 0.15) is 51.9 Å². The fourth-order valence-electron chi connectivity index (χ4n) is 3.17. The SMILES string of the molecule is CC1OCCC1CNCCC1(N)CCCCC1. The van der Waals surface area contributed by atoms with Crippen molar-refractivity contribution in [3.8, 4) is 0 Å². The molecule has 0 radical (unpaired) electrons. The van der Waals surface area contributed by atoms with E-state index < -0.39 is 0 Å². The number of nitrogens with two attached hydrogens (primary N) is 1. The van der Waals surface area contributed by atoms with Gasteiger partial charge in [-0.05, 0) is 45.1 Å². The Morgan fingerprint density at radius 3 is 2.71 bits per heavy atom. The van der Waals surface area contributed by atoms with Crippen LogP contribution in [0.2, 0.25) is 0 Å². The van der Waals surface area contributed by atoms with E-state index in [1.807, 2.05) is 0 Å². The second-order valence-electron chi connectivity index (χ2n) is 6.00. The van der Waals surface area contributed by atoms with Crippen LogP contribution in [-0.2, 0) is 4.74 Å². The molecule has 1 saturated heterocycles. The molecule has 3 heteroatoms. The number of rotatable bonds is 5. The fourth-order valence-corrected chi connectivity index (χ4v) is 3.17. The van der Waals surface area contributed by atoms with E-state index in [9.17, 15) is 0 Å². The largest absolute Gasteiger partial charge is 0.378 e. The van der Waals surface area contributed by atoms with Gasteiger partial charge in [0.1, 0.15) is 0 Å². The Labute approximate surface area is 105 Å². The molecule has 1 aliphatic carbocycles. The van der Waals surface area contributed by atoms with Gasteiger partial charge in [-0.25, -0.2) is 0 Å². The van der Waals surface area contributed by atoms with Crippen molar-refractivity contribution in [2.75, 3.05) is 19.7 Å². The molecule has 17 heavy (non-hydrogen) atoms. The van der Waals surface area contributed by atoms with E-state index in [-0.39, 0.29) is 5.54 Å². The van der Waals surface area contributed by atoms with Crippen molar-refractivity contribution in [1.29, 1.82) is 0 Å². The van der Waals surface area contributed by atoms with Gasteiger partial charge in [0.2, 0.25) is 0 Å². The van der Waals surface area contributed by atoms with Gasteiger partial charge in [0.05, 0.1) is 6.10 Å². The van der Waals surface area contributed by atoms with E-state index in [0.717, 1.165) is 26.1 Å². The standard InChI is InChI=1S/C14H28N2O/c1-12-13(5-10-17-12)11-16-9-8-14(15)6-3-2-4-7-14/h12-13,16H,2-11,15H2,1H3. The number of nitrogens with one attached hydrogen (secondary N) is 1. The van der Waals surface area contributed by atoms with E-state index in [4.69, 9.17) is 10.5 Å². The third-order valence-electron chi connectivity index (χ3n) is 4.59. The minimum Gasteiger partial charge on any atom is -0.378 e. The summed E-state index contributed by atoms with van der Waals surface area (Å²) in [4.78, 5) is 0. The Morgan fingerprint density at radius 2 is 2.06 bits per heavy atom. The van der Waals surface area contributed by atoms with Crippen LogP contribution < -0.4 is 11.1 Å². The summed E-state index contributed by atoms with van der Waals surface area (Å²) in [5.41, 5.74) is 6.54. The van der Waals surface area contributed by atoms with Crippen molar-refractivity contribution in [2.45, 2.75) is 63.5 Å². The Kier molecular flexibility index (Phi) is 4.83. The third kappa shape index (κ3) is 3.94. The van der Waals surface area contributed by atoms with Crippen molar-refractivity contribution in [2.24, 2.45) is 11.7 Å². The van der Waals surface area contributed by atoms with Crippen molar-refractivity contribution >= 4 is 0 Å². The Morgan fingerprint density at radius 1 is 1.29 bits per heavy atom. The van der Waals surface area contributed by atoms with Crippen LogP contribution in [0.25, 0.3) is 0 Å². The van der Waals surface area contributed by atoms with Crippen molar-refractivity contribution < 1.29 is 4.74 Å². The van der Waals surface area contributed by atoms with Gasteiger partial charge < -0.3 is 15.8 Å². The van der Waals surface area contributed by atoms with E-state index >= 15 is 0 Å². The monoisotopic (exact) mass is 240 g/mol. The van der Waals surface area contributed by atoms with Crippen LogP contribution in [0.4, 0.5) is 0 Å². The molecule has 0 amide bonds. The van der Waals surface area contributed by atoms with E-state index in [0.29, 0.717) is 12.0 Å². The molecule has 0 aromatic rings. The van der Waals surface area contributed by atoms with Crippen LogP contribution in [0.3, 0.4) is 0 Å². The topological polar surface area (TPSA) is 47.3 Å². The third-order valence-corrected chi connectivity index (χ3v) is 4.59. The number of hydrogen-bond acceptors (Lipinski definition) is 3. The lowest BCUT2D eigenvalue weighted by molar-refractivity contribution is 0.105. The average Bonchev–Trinajstić information content (AvgIpc) is 2.72. The predicted octanol–water partition coefficient (Wildman–Crippen LogP) is 2.05. The Hall–Kier alpha value is -0.120. The van der Waals surface area contributed by atoms with E-state index in [2.05, 4.69) is 12.2 Å². The van der Waals surface area contributed by atoms with Gasteiger partial charge in [-0.3, -0.25) is 0 Å². The highest BCUT2D eigenvalue weighted by atomic mass is 16.5. The first-order valence-electron chi connectivity index (χ1n) is 7.31. The molecule has 3 N–H and O–H groups in total. The lowest BCUT2D eigenvalue weighted by atomic mass is 9.80. The van der Waals surface area contributed by atoms with Crippen molar-refractivity contribution in [1.82, 2.24) is 5.32 Å². The molecule has 0 bridgehead atoms. The van der Waals surface area contributed by atoms with Gasteiger partial charge in [-0.2, -0.15) is 0 Å². The first-order chi connectivity index (χ1) is 8.20. The molecule has 0 spiro atoms. The molecule has 2 aliphatic rings. The average molecular weight is 240 g/mol. The van der Waals surface area contributed by atoms with Crippen LogP contribution >= 0.6 is 0 Å². The summed E-state index contributed by atoms with van der Waals surface area (Å²) in [6.07, 6.45) is 9.24. The van der Waals surface area contributed by atoms with Crippen molar-refractivity contribution in [3.63, 3.8) is 0 Å². The predicted molar refractivity (Wildman–Crippen MR) is 71.0 cm³/mol. The second kappa shape index (κ2) is 6.17. The molecular formula is C14H28N2O. The maximum absolute atomic E-state index is 6.42.